The molecule has 1 heterocycles. The third-order valence-corrected chi connectivity index (χ3v) is 3.41. The Morgan fingerprint density at radius 1 is 1.68 bits per heavy atom. The van der Waals surface area contributed by atoms with Crippen molar-refractivity contribution in [2.45, 2.75) is 18.2 Å². The summed E-state index contributed by atoms with van der Waals surface area (Å²) < 4.78 is 0. The number of aliphatic imine (C=N–C) groups is 1. The van der Waals surface area contributed by atoms with Crippen molar-refractivity contribution in [1.29, 1.82) is 0 Å². The van der Waals surface area contributed by atoms with Crippen molar-refractivity contribution in [3.63, 3.8) is 0 Å². The predicted octanol–water partition coefficient (Wildman–Crippen LogP) is -0.483. The summed E-state index contributed by atoms with van der Waals surface area (Å²) in [7, 11) is 1.67. The van der Waals surface area contributed by atoms with E-state index >= 15 is 0 Å². The molecule has 0 saturated carbocycles. The summed E-state index contributed by atoms with van der Waals surface area (Å²) in [5.74, 6) is 6.16. The standard InChI is InChI=1S/C10H18N6O2S/c1-3-13-15-7(12-2)5-4-6-16(11)9-8(17)14-10(18)19-9/h3,9,13H,1,4-6,11H2,2H3,(H,12,15)(H,14,17,18). The zero-order chi connectivity index (χ0) is 14.3. The lowest BCUT2D eigenvalue weighted by molar-refractivity contribution is -0.121. The highest BCUT2D eigenvalue weighted by Crippen LogP contribution is 2.20. The smallest absolute Gasteiger partial charge is 0.287 e. The van der Waals surface area contributed by atoms with Gasteiger partial charge in [-0.25, -0.2) is 5.01 Å². The van der Waals surface area contributed by atoms with E-state index in [0.717, 1.165) is 17.6 Å². The number of nitrogens with two attached hydrogens (primary N) is 1. The highest BCUT2D eigenvalue weighted by atomic mass is 32.2. The van der Waals surface area contributed by atoms with Gasteiger partial charge in [0.1, 0.15) is 5.84 Å². The van der Waals surface area contributed by atoms with Crippen molar-refractivity contribution in [2.75, 3.05) is 13.6 Å². The lowest BCUT2D eigenvalue weighted by Crippen LogP contribution is -2.45. The maximum Gasteiger partial charge on any atom is 0.287 e. The molecule has 0 aromatic heterocycles. The lowest BCUT2D eigenvalue weighted by Gasteiger charge is -2.19. The molecule has 19 heavy (non-hydrogen) atoms. The maximum absolute atomic E-state index is 11.4. The summed E-state index contributed by atoms with van der Waals surface area (Å²) in [5, 5.41) is 2.55. The Bertz CT molecular complexity index is 386. The molecule has 0 aromatic rings. The number of amidine groups is 1. The van der Waals surface area contributed by atoms with Gasteiger partial charge in [-0.2, -0.15) is 0 Å². The van der Waals surface area contributed by atoms with E-state index in [1.54, 1.807) is 7.05 Å². The van der Waals surface area contributed by atoms with Crippen molar-refractivity contribution in [1.82, 2.24) is 21.2 Å². The number of carbonyl (C=O) groups excluding carboxylic acids is 2. The van der Waals surface area contributed by atoms with Gasteiger partial charge in [-0.3, -0.25) is 31.2 Å². The van der Waals surface area contributed by atoms with E-state index in [1.165, 1.54) is 11.2 Å². The Labute approximate surface area is 115 Å². The quantitative estimate of drug-likeness (QED) is 0.216. The van der Waals surface area contributed by atoms with Crippen molar-refractivity contribution >= 4 is 28.7 Å². The van der Waals surface area contributed by atoms with Crippen LogP contribution in [0.2, 0.25) is 0 Å². The number of nitrogens with one attached hydrogen (secondary N) is 3. The molecule has 9 heteroatoms. The molecule has 0 radical (unpaired) electrons. The first-order valence-electron chi connectivity index (χ1n) is 5.69. The number of hydrogen-bond donors (Lipinski definition) is 4. The average Bonchev–Trinajstić information content (AvgIpc) is 2.72. The molecule has 1 aliphatic heterocycles. The van der Waals surface area contributed by atoms with Gasteiger partial charge in [0.2, 0.25) is 0 Å². The van der Waals surface area contributed by atoms with E-state index in [4.69, 9.17) is 5.84 Å². The van der Waals surface area contributed by atoms with Crippen LogP contribution < -0.4 is 22.0 Å². The normalized spacial score (nSPS) is 19.5. The Kier molecular flexibility index (Phi) is 6.33. The number of hydrogen-bond acceptors (Lipinski definition) is 7. The molecule has 0 spiro atoms. The molecule has 0 bridgehead atoms. The Morgan fingerprint density at radius 3 is 2.95 bits per heavy atom. The van der Waals surface area contributed by atoms with Crippen LogP contribution in [-0.2, 0) is 4.79 Å². The molecular formula is C10H18N6O2S. The fourth-order valence-electron chi connectivity index (χ4n) is 1.48. The first-order chi connectivity index (χ1) is 9.08. The molecule has 0 aliphatic carbocycles. The maximum atomic E-state index is 11.4. The largest absolute Gasteiger partial charge is 0.308 e. The highest BCUT2D eigenvalue weighted by molar-refractivity contribution is 8.15. The van der Waals surface area contributed by atoms with E-state index in [1.807, 2.05) is 0 Å². The van der Waals surface area contributed by atoms with Crippen LogP contribution in [0.15, 0.2) is 17.8 Å². The summed E-state index contributed by atoms with van der Waals surface area (Å²) in [4.78, 5) is 26.5. The molecule has 5 N–H and O–H groups in total. The van der Waals surface area contributed by atoms with Crippen LogP contribution in [0.3, 0.4) is 0 Å². The van der Waals surface area contributed by atoms with E-state index in [0.29, 0.717) is 19.4 Å². The summed E-state index contributed by atoms with van der Waals surface area (Å²) in [6, 6.07) is 0. The number of rotatable bonds is 7. The van der Waals surface area contributed by atoms with Crippen molar-refractivity contribution in [3.8, 4) is 0 Å². The van der Waals surface area contributed by atoms with Crippen molar-refractivity contribution in [3.05, 3.63) is 12.8 Å². The molecule has 8 nitrogen and oxygen atoms in total. The first-order valence-corrected chi connectivity index (χ1v) is 6.57. The third kappa shape index (κ3) is 4.89. The van der Waals surface area contributed by atoms with Crippen molar-refractivity contribution < 1.29 is 9.59 Å². The SMILES string of the molecule is C=CNNC(CCCN(N)C1SC(=O)NC1=O)=NC. The van der Waals surface area contributed by atoms with Crippen LogP contribution in [0.4, 0.5) is 4.79 Å². The van der Waals surface area contributed by atoms with E-state index in [-0.39, 0.29) is 11.1 Å². The molecule has 1 rings (SSSR count). The molecule has 0 aromatic carbocycles. The molecule has 1 aliphatic rings. The number of imide groups is 1. The second-order valence-electron chi connectivity index (χ2n) is 3.73. The summed E-state index contributed by atoms with van der Waals surface area (Å²) in [6.07, 6.45) is 2.87. The minimum absolute atomic E-state index is 0.363. The van der Waals surface area contributed by atoms with Gasteiger partial charge in [0.15, 0.2) is 5.37 Å². The second kappa shape index (κ2) is 7.77. The fourth-order valence-corrected chi connectivity index (χ4v) is 2.24. The topological polar surface area (TPSA) is 112 Å². The molecule has 1 unspecified atom stereocenters. The minimum Gasteiger partial charge on any atom is -0.308 e. The van der Waals surface area contributed by atoms with Gasteiger partial charge in [-0.05, 0) is 18.2 Å². The average molecular weight is 286 g/mol. The molecule has 106 valence electrons. The summed E-state index contributed by atoms with van der Waals surface area (Å²) >= 11 is 0.890. The lowest BCUT2D eigenvalue weighted by atomic mass is 10.3. The molecule has 1 saturated heterocycles. The van der Waals surface area contributed by atoms with Crippen LogP contribution in [0.1, 0.15) is 12.8 Å². The molecule has 1 atom stereocenters. The van der Waals surface area contributed by atoms with Gasteiger partial charge >= 0.3 is 0 Å². The van der Waals surface area contributed by atoms with Crippen molar-refractivity contribution in [2.24, 2.45) is 10.8 Å². The van der Waals surface area contributed by atoms with Gasteiger partial charge in [0.05, 0.1) is 0 Å². The van der Waals surface area contributed by atoms with Gasteiger partial charge in [0.25, 0.3) is 11.1 Å². The number of amides is 2. The monoisotopic (exact) mass is 286 g/mol. The fraction of sp³-hybridized carbons (Fsp3) is 0.500. The van der Waals surface area contributed by atoms with Crippen LogP contribution in [0.25, 0.3) is 0 Å². The van der Waals surface area contributed by atoms with E-state index in [9.17, 15) is 9.59 Å². The van der Waals surface area contributed by atoms with Gasteiger partial charge in [0, 0.05) is 26.2 Å². The highest BCUT2D eigenvalue weighted by Gasteiger charge is 2.34. The number of hydrazine groups is 2. The Balaban J connectivity index is 2.30. The van der Waals surface area contributed by atoms with E-state index in [2.05, 4.69) is 27.7 Å². The van der Waals surface area contributed by atoms with Crippen LogP contribution in [0, 0.1) is 0 Å². The Morgan fingerprint density at radius 2 is 2.42 bits per heavy atom. The van der Waals surface area contributed by atoms with Crippen LogP contribution in [-0.4, -0.2) is 41.0 Å². The first kappa shape index (κ1) is 15.5. The Hall–Kier alpha value is -1.58. The minimum atomic E-state index is -0.645. The van der Waals surface area contributed by atoms with Crippen LogP contribution >= 0.6 is 11.8 Å². The number of nitrogens with zero attached hydrogens (tertiary/aromatic N) is 2. The zero-order valence-corrected chi connectivity index (χ0v) is 11.5. The number of thioether (sulfide) groups is 1. The molecule has 2 amide bonds. The predicted molar refractivity (Wildman–Crippen MR) is 74.9 cm³/mol. The third-order valence-electron chi connectivity index (χ3n) is 2.39. The zero-order valence-electron chi connectivity index (χ0n) is 10.7. The summed E-state index contributed by atoms with van der Waals surface area (Å²) in [5.41, 5.74) is 5.59. The summed E-state index contributed by atoms with van der Waals surface area (Å²) in [6.45, 7) is 3.99. The van der Waals surface area contributed by atoms with Gasteiger partial charge in [-0.1, -0.05) is 6.58 Å². The molecular weight excluding hydrogens is 268 g/mol. The van der Waals surface area contributed by atoms with Gasteiger partial charge < -0.3 is 5.43 Å². The van der Waals surface area contributed by atoms with E-state index < -0.39 is 5.37 Å². The number of carbonyl (C=O) groups is 2. The van der Waals surface area contributed by atoms with Gasteiger partial charge in [-0.15, -0.1) is 0 Å². The second-order valence-corrected chi connectivity index (χ2v) is 4.79. The molecule has 1 fully saturated rings. The van der Waals surface area contributed by atoms with Crippen LogP contribution in [0.5, 0.6) is 0 Å².